The molecule has 0 saturated carbocycles. The van der Waals surface area contributed by atoms with Crippen LogP contribution in [0.4, 0.5) is 5.69 Å². The number of allylic oxidation sites excluding steroid dienone is 1. The molecule has 3 nitrogen and oxygen atoms in total. The molecular weight excluding hydrogens is 188 g/mol. The zero-order valence-corrected chi connectivity index (χ0v) is 8.77. The largest absolute Gasteiger partial charge is 0.312 e. The van der Waals surface area contributed by atoms with E-state index >= 15 is 0 Å². The van der Waals surface area contributed by atoms with Crippen molar-refractivity contribution in [2.24, 2.45) is 0 Å². The highest BCUT2D eigenvalue weighted by atomic mass is 16.2. The van der Waals surface area contributed by atoms with Gasteiger partial charge in [0.05, 0.1) is 11.6 Å². The number of amides is 1. The summed E-state index contributed by atoms with van der Waals surface area (Å²) in [6.07, 6.45) is 3.17. The number of hydrogen-bond acceptors (Lipinski definition) is 2. The smallest absolute Gasteiger partial charge is 0.250 e. The van der Waals surface area contributed by atoms with Crippen molar-refractivity contribution in [1.29, 1.82) is 5.26 Å². The molecule has 1 rings (SSSR count). The van der Waals surface area contributed by atoms with Gasteiger partial charge in [-0.1, -0.05) is 12.1 Å². The van der Waals surface area contributed by atoms with Crippen LogP contribution in [-0.2, 0) is 4.79 Å². The first-order valence-electron chi connectivity index (χ1n) is 4.59. The Labute approximate surface area is 89.2 Å². The van der Waals surface area contributed by atoms with Crippen LogP contribution >= 0.6 is 0 Å². The van der Waals surface area contributed by atoms with Crippen LogP contribution < -0.4 is 4.90 Å². The minimum absolute atomic E-state index is 0.104. The van der Waals surface area contributed by atoms with Crippen LogP contribution in [0.1, 0.15) is 12.5 Å². The fourth-order valence-corrected chi connectivity index (χ4v) is 1.17. The molecule has 0 unspecified atom stereocenters. The first kappa shape index (κ1) is 11.0. The Bertz CT molecular complexity index is 429. The van der Waals surface area contributed by atoms with Gasteiger partial charge in [0, 0.05) is 12.7 Å². The predicted molar refractivity (Wildman–Crippen MR) is 59.4 cm³/mol. The average Bonchev–Trinajstić information content (AvgIpc) is 2.28. The van der Waals surface area contributed by atoms with Crippen molar-refractivity contribution in [1.82, 2.24) is 0 Å². The van der Waals surface area contributed by atoms with Gasteiger partial charge in [-0.2, -0.15) is 5.26 Å². The summed E-state index contributed by atoms with van der Waals surface area (Å²) < 4.78 is 0. The zero-order valence-electron chi connectivity index (χ0n) is 8.77. The highest BCUT2D eigenvalue weighted by Gasteiger charge is 2.07. The van der Waals surface area contributed by atoms with Crippen LogP contribution in [0.25, 0.3) is 0 Å². The summed E-state index contributed by atoms with van der Waals surface area (Å²) in [7, 11) is 1.68. The van der Waals surface area contributed by atoms with Crippen LogP contribution in [0.15, 0.2) is 36.4 Å². The van der Waals surface area contributed by atoms with Gasteiger partial charge in [0.1, 0.15) is 0 Å². The van der Waals surface area contributed by atoms with Crippen LogP contribution in [0.5, 0.6) is 0 Å². The van der Waals surface area contributed by atoms with Crippen molar-refractivity contribution in [3.05, 3.63) is 42.0 Å². The lowest BCUT2D eigenvalue weighted by Gasteiger charge is -2.15. The van der Waals surface area contributed by atoms with Crippen LogP contribution in [-0.4, -0.2) is 13.0 Å². The van der Waals surface area contributed by atoms with Gasteiger partial charge in [-0.3, -0.25) is 4.79 Å². The second kappa shape index (κ2) is 4.97. The summed E-state index contributed by atoms with van der Waals surface area (Å²) in [6.45, 7) is 1.79. The summed E-state index contributed by atoms with van der Waals surface area (Å²) in [4.78, 5) is 13.0. The van der Waals surface area contributed by atoms with E-state index in [1.807, 2.05) is 6.07 Å². The Morgan fingerprint density at radius 3 is 2.87 bits per heavy atom. The minimum Gasteiger partial charge on any atom is -0.312 e. The molecule has 0 aliphatic rings. The Hall–Kier alpha value is -2.08. The summed E-state index contributed by atoms with van der Waals surface area (Å²) in [5.41, 5.74) is 1.27. The topological polar surface area (TPSA) is 44.1 Å². The van der Waals surface area contributed by atoms with Crippen molar-refractivity contribution in [2.75, 3.05) is 11.9 Å². The zero-order chi connectivity index (χ0) is 11.3. The van der Waals surface area contributed by atoms with Gasteiger partial charge in [-0.15, -0.1) is 0 Å². The number of anilines is 1. The van der Waals surface area contributed by atoms with E-state index < -0.39 is 0 Å². The summed E-state index contributed by atoms with van der Waals surface area (Å²) >= 11 is 0. The fourth-order valence-electron chi connectivity index (χ4n) is 1.17. The standard InChI is InChI=1S/C12H12N2O/c1-3-5-12(15)14(2)11-7-4-6-10(8-11)9-13/h3-8H,1-2H3. The molecule has 1 aromatic carbocycles. The van der Waals surface area contributed by atoms with Crippen LogP contribution in [0.2, 0.25) is 0 Å². The van der Waals surface area contributed by atoms with E-state index in [9.17, 15) is 4.79 Å². The maximum atomic E-state index is 11.5. The van der Waals surface area contributed by atoms with E-state index in [4.69, 9.17) is 5.26 Å². The molecule has 0 radical (unpaired) electrons. The van der Waals surface area contributed by atoms with E-state index in [0.29, 0.717) is 5.56 Å². The van der Waals surface area contributed by atoms with Crippen LogP contribution in [0, 0.1) is 11.3 Å². The predicted octanol–water partition coefficient (Wildman–Crippen LogP) is 2.10. The number of carbonyl (C=O) groups is 1. The first-order valence-corrected chi connectivity index (χ1v) is 4.59. The van der Waals surface area contributed by atoms with Crippen molar-refractivity contribution in [3.8, 4) is 6.07 Å². The van der Waals surface area contributed by atoms with Crippen LogP contribution in [0.3, 0.4) is 0 Å². The molecule has 0 heterocycles. The number of hydrogen-bond donors (Lipinski definition) is 0. The third kappa shape index (κ3) is 2.68. The molecule has 0 N–H and O–H groups in total. The van der Waals surface area contributed by atoms with Gasteiger partial charge in [-0.05, 0) is 31.2 Å². The lowest BCUT2D eigenvalue weighted by atomic mass is 10.2. The molecule has 0 fully saturated rings. The Balaban J connectivity index is 2.96. The number of likely N-dealkylation sites (N-methyl/N-ethyl adjacent to an activating group) is 1. The molecule has 0 aliphatic carbocycles. The molecule has 15 heavy (non-hydrogen) atoms. The lowest BCUT2D eigenvalue weighted by Crippen LogP contribution is -2.23. The van der Waals surface area contributed by atoms with Crippen molar-refractivity contribution in [3.63, 3.8) is 0 Å². The van der Waals surface area contributed by atoms with E-state index in [1.54, 1.807) is 44.3 Å². The SMILES string of the molecule is CC=CC(=O)N(C)c1cccc(C#N)c1. The molecule has 0 spiro atoms. The number of carbonyl (C=O) groups excluding carboxylic acids is 1. The fraction of sp³-hybridized carbons (Fsp3) is 0.167. The molecule has 1 aromatic rings. The summed E-state index contributed by atoms with van der Waals surface area (Å²) in [6, 6.07) is 8.98. The number of nitriles is 1. The van der Waals surface area contributed by atoms with Gasteiger partial charge < -0.3 is 4.90 Å². The third-order valence-electron chi connectivity index (χ3n) is 2.00. The molecule has 0 aromatic heterocycles. The van der Waals surface area contributed by atoms with Gasteiger partial charge >= 0.3 is 0 Å². The highest BCUT2D eigenvalue weighted by Crippen LogP contribution is 2.14. The molecular formula is C12H12N2O. The molecule has 76 valence electrons. The van der Waals surface area contributed by atoms with Gasteiger partial charge in [-0.25, -0.2) is 0 Å². The molecule has 0 aliphatic heterocycles. The maximum absolute atomic E-state index is 11.5. The molecule has 3 heteroatoms. The van der Waals surface area contributed by atoms with E-state index in [1.165, 1.54) is 11.0 Å². The number of nitrogens with zero attached hydrogens (tertiary/aromatic N) is 2. The second-order valence-corrected chi connectivity index (χ2v) is 3.06. The van der Waals surface area contributed by atoms with Crippen molar-refractivity contribution < 1.29 is 4.79 Å². The van der Waals surface area contributed by atoms with Gasteiger partial charge in [0.15, 0.2) is 0 Å². The molecule has 0 bridgehead atoms. The van der Waals surface area contributed by atoms with Crippen molar-refractivity contribution >= 4 is 11.6 Å². The second-order valence-electron chi connectivity index (χ2n) is 3.06. The quantitative estimate of drug-likeness (QED) is 0.686. The summed E-state index contributed by atoms with van der Waals surface area (Å²) in [5, 5.41) is 8.72. The highest BCUT2D eigenvalue weighted by molar-refractivity contribution is 6.00. The van der Waals surface area contributed by atoms with E-state index in [-0.39, 0.29) is 5.91 Å². The number of benzene rings is 1. The van der Waals surface area contributed by atoms with Gasteiger partial charge in [0.2, 0.25) is 5.91 Å². The average molecular weight is 200 g/mol. The maximum Gasteiger partial charge on any atom is 0.250 e. The summed E-state index contributed by atoms with van der Waals surface area (Å²) in [5.74, 6) is -0.104. The number of rotatable bonds is 2. The van der Waals surface area contributed by atoms with E-state index in [0.717, 1.165) is 5.69 Å². The molecule has 0 atom stereocenters. The lowest BCUT2D eigenvalue weighted by molar-refractivity contribution is -0.113. The Morgan fingerprint density at radius 2 is 2.27 bits per heavy atom. The Morgan fingerprint density at radius 1 is 1.53 bits per heavy atom. The van der Waals surface area contributed by atoms with Gasteiger partial charge in [0.25, 0.3) is 0 Å². The first-order chi connectivity index (χ1) is 7.19. The van der Waals surface area contributed by atoms with E-state index in [2.05, 4.69) is 0 Å². The third-order valence-corrected chi connectivity index (χ3v) is 2.00. The molecule has 1 amide bonds. The minimum atomic E-state index is -0.104. The monoisotopic (exact) mass is 200 g/mol. The molecule has 0 saturated heterocycles. The normalized spacial score (nSPS) is 9.93. The Kier molecular flexibility index (Phi) is 3.64. The van der Waals surface area contributed by atoms with Crippen molar-refractivity contribution in [2.45, 2.75) is 6.92 Å².